The summed E-state index contributed by atoms with van der Waals surface area (Å²) in [4.78, 5) is 14.6. The van der Waals surface area contributed by atoms with Crippen molar-refractivity contribution in [2.24, 2.45) is 0 Å². The molecule has 0 unspecified atom stereocenters. The maximum absolute atomic E-state index is 12.2. The van der Waals surface area contributed by atoms with Crippen molar-refractivity contribution in [2.75, 3.05) is 13.1 Å². The van der Waals surface area contributed by atoms with Gasteiger partial charge in [0, 0.05) is 25.7 Å². The van der Waals surface area contributed by atoms with Crippen molar-refractivity contribution in [3.05, 3.63) is 69.7 Å². The molecular weight excluding hydrogens is 343 g/mol. The molecule has 1 heterocycles. The number of carbonyl (C=O) groups is 1. The van der Waals surface area contributed by atoms with Gasteiger partial charge in [-0.1, -0.05) is 59.6 Å². The second kappa shape index (κ2) is 8.02. The number of likely N-dealkylation sites (tertiary alicyclic amines) is 1. The van der Waals surface area contributed by atoms with Gasteiger partial charge in [0.1, 0.15) is 0 Å². The van der Waals surface area contributed by atoms with Crippen LogP contribution >= 0.6 is 23.2 Å². The highest BCUT2D eigenvalue weighted by Gasteiger charge is 2.23. The van der Waals surface area contributed by atoms with E-state index < -0.39 is 0 Å². The molecule has 0 saturated carbocycles. The Morgan fingerprint density at radius 1 is 1.08 bits per heavy atom. The highest BCUT2D eigenvalue weighted by molar-refractivity contribution is 6.42. The molecule has 2 aromatic rings. The van der Waals surface area contributed by atoms with E-state index in [9.17, 15) is 4.79 Å². The van der Waals surface area contributed by atoms with E-state index in [4.69, 9.17) is 23.2 Å². The van der Waals surface area contributed by atoms with Crippen molar-refractivity contribution < 1.29 is 4.79 Å². The Balaban J connectivity index is 1.48. The van der Waals surface area contributed by atoms with Crippen molar-refractivity contribution in [1.82, 2.24) is 10.2 Å². The van der Waals surface area contributed by atoms with Gasteiger partial charge < -0.3 is 5.32 Å². The van der Waals surface area contributed by atoms with Crippen molar-refractivity contribution in [3.63, 3.8) is 0 Å². The number of nitrogens with one attached hydrogen (secondary N) is 1. The minimum atomic E-state index is 0.0277. The van der Waals surface area contributed by atoms with Gasteiger partial charge in [0.25, 0.3) is 0 Å². The summed E-state index contributed by atoms with van der Waals surface area (Å²) in [5, 5.41) is 4.11. The summed E-state index contributed by atoms with van der Waals surface area (Å²) >= 11 is 11.9. The molecule has 24 heavy (non-hydrogen) atoms. The van der Waals surface area contributed by atoms with Crippen LogP contribution in [0, 0.1) is 0 Å². The van der Waals surface area contributed by atoms with E-state index in [1.165, 1.54) is 5.56 Å². The fourth-order valence-electron chi connectivity index (χ4n) is 3.05. The average Bonchev–Trinajstić information content (AvgIpc) is 2.99. The molecular formula is C19H20Cl2N2O. The first-order valence-corrected chi connectivity index (χ1v) is 8.85. The lowest BCUT2D eigenvalue weighted by atomic mass is 10.1. The molecule has 5 heteroatoms. The summed E-state index contributed by atoms with van der Waals surface area (Å²) in [6.07, 6.45) is 1.31. The van der Waals surface area contributed by atoms with E-state index in [-0.39, 0.29) is 11.9 Å². The molecule has 1 amide bonds. The Kier molecular flexibility index (Phi) is 5.77. The number of hydrogen-bond acceptors (Lipinski definition) is 2. The first kappa shape index (κ1) is 17.3. The van der Waals surface area contributed by atoms with Gasteiger partial charge in [0.05, 0.1) is 16.5 Å². The van der Waals surface area contributed by atoms with Gasteiger partial charge in [-0.05, 0) is 29.7 Å². The first-order valence-electron chi connectivity index (χ1n) is 8.10. The van der Waals surface area contributed by atoms with Crippen LogP contribution in [-0.4, -0.2) is 29.9 Å². The quantitative estimate of drug-likeness (QED) is 0.873. The van der Waals surface area contributed by atoms with Crippen molar-refractivity contribution >= 4 is 29.1 Å². The van der Waals surface area contributed by atoms with Gasteiger partial charge in [-0.15, -0.1) is 0 Å². The summed E-state index contributed by atoms with van der Waals surface area (Å²) in [6, 6.07) is 15.9. The molecule has 0 aromatic heterocycles. The van der Waals surface area contributed by atoms with E-state index in [0.717, 1.165) is 31.6 Å². The highest BCUT2D eigenvalue weighted by atomic mass is 35.5. The molecule has 1 aliphatic rings. The first-order chi connectivity index (χ1) is 11.6. The molecule has 0 radical (unpaired) electrons. The van der Waals surface area contributed by atoms with Gasteiger partial charge in [-0.2, -0.15) is 0 Å². The largest absolute Gasteiger partial charge is 0.352 e. The van der Waals surface area contributed by atoms with Crippen LogP contribution in [0.4, 0.5) is 0 Å². The van der Waals surface area contributed by atoms with Crippen LogP contribution in [-0.2, 0) is 17.8 Å². The van der Waals surface area contributed by atoms with Crippen LogP contribution in [0.1, 0.15) is 17.5 Å². The van der Waals surface area contributed by atoms with E-state index in [1.807, 2.05) is 12.1 Å². The molecule has 1 N–H and O–H groups in total. The predicted octanol–water partition coefficient (Wildman–Crippen LogP) is 3.93. The molecule has 3 rings (SSSR count). The van der Waals surface area contributed by atoms with Gasteiger partial charge in [0.15, 0.2) is 0 Å². The molecule has 1 atom stereocenters. The lowest BCUT2D eigenvalue weighted by Crippen LogP contribution is -2.37. The fourth-order valence-corrected chi connectivity index (χ4v) is 3.37. The van der Waals surface area contributed by atoms with Gasteiger partial charge in [0.2, 0.25) is 5.91 Å². The monoisotopic (exact) mass is 362 g/mol. The standard InChI is InChI=1S/C19H20Cl2N2O/c20-17-7-6-15(10-18(17)21)11-19(24)22-16-8-9-23(13-16)12-14-4-2-1-3-5-14/h1-7,10,16H,8-9,11-13H2,(H,22,24)/t16-/m1/s1. The Labute approximate surface area is 152 Å². The zero-order chi connectivity index (χ0) is 16.9. The summed E-state index contributed by atoms with van der Waals surface area (Å²) in [5.74, 6) is 0.0277. The van der Waals surface area contributed by atoms with Crippen LogP contribution in [0.3, 0.4) is 0 Å². The van der Waals surface area contributed by atoms with Gasteiger partial charge in [-0.3, -0.25) is 9.69 Å². The Morgan fingerprint density at radius 3 is 2.62 bits per heavy atom. The van der Waals surface area contributed by atoms with E-state index >= 15 is 0 Å². The van der Waals surface area contributed by atoms with Crippen molar-refractivity contribution in [3.8, 4) is 0 Å². The van der Waals surface area contributed by atoms with Crippen molar-refractivity contribution in [2.45, 2.75) is 25.4 Å². The average molecular weight is 363 g/mol. The van der Waals surface area contributed by atoms with E-state index in [2.05, 4.69) is 34.5 Å². The van der Waals surface area contributed by atoms with Crippen molar-refractivity contribution in [1.29, 1.82) is 0 Å². The zero-order valence-corrected chi connectivity index (χ0v) is 14.9. The predicted molar refractivity (Wildman–Crippen MR) is 98.4 cm³/mol. The third-order valence-corrected chi connectivity index (χ3v) is 4.97. The van der Waals surface area contributed by atoms with E-state index in [0.29, 0.717) is 16.5 Å². The highest BCUT2D eigenvalue weighted by Crippen LogP contribution is 2.23. The molecule has 2 aromatic carbocycles. The summed E-state index contributed by atoms with van der Waals surface area (Å²) in [6.45, 7) is 2.83. The number of halogens is 2. The minimum absolute atomic E-state index is 0.0277. The third kappa shape index (κ3) is 4.73. The number of carbonyl (C=O) groups excluding carboxylic acids is 1. The number of hydrogen-bond donors (Lipinski definition) is 1. The fraction of sp³-hybridized carbons (Fsp3) is 0.316. The summed E-state index contributed by atoms with van der Waals surface area (Å²) in [7, 11) is 0. The van der Waals surface area contributed by atoms with Crippen LogP contribution in [0.15, 0.2) is 48.5 Å². The minimum Gasteiger partial charge on any atom is -0.352 e. The van der Waals surface area contributed by atoms with Crippen LogP contribution in [0.5, 0.6) is 0 Å². The molecule has 1 fully saturated rings. The van der Waals surface area contributed by atoms with Crippen LogP contribution < -0.4 is 5.32 Å². The normalized spacial score (nSPS) is 17.8. The smallest absolute Gasteiger partial charge is 0.224 e. The van der Waals surface area contributed by atoms with Gasteiger partial charge >= 0.3 is 0 Å². The summed E-state index contributed by atoms with van der Waals surface area (Å²) < 4.78 is 0. The van der Waals surface area contributed by atoms with E-state index in [1.54, 1.807) is 12.1 Å². The van der Waals surface area contributed by atoms with Crippen LogP contribution in [0.25, 0.3) is 0 Å². The lowest BCUT2D eigenvalue weighted by molar-refractivity contribution is -0.121. The maximum Gasteiger partial charge on any atom is 0.224 e. The number of nitrogens with zero attached hydrogens (tertiary/aromatic N) is 1. The molecule has 126 valence electrons. The van der Waals surface area contributed by atoms with Crippen LogP contribution in [0.2, 0.25) is 10.0 Å². The Morgan fingerprint density at radius 2 is 1.88 bits per heavy atom. The summed E-state index contributed by atoms with van der Waals surface area (Å²) in [5.41, 5.74) is 2.18. The molecule has 3 nitrogen and oxygen atoms in total. The zero-order valence-electron chi connectivity index (χ0n) is 13.3. The Bertz CT molecular complexity index is 706. The second-order valence-electron chi connectivity index (χ2n) is 6.20. The molecule has 1 saturated heterocycles. The lowest BCUT2D eigenvalue weighted by Gasteiger charge is -2.17. The maximum atomic E-state index is 12.2. The topological polar surface area (TPSA) is 32.3 Å². The van der Waals surface area contributed by atoms with Gasteiger partial charge in [-0.25, -0.2) is 0 Å². The number of benzene rings is 2. The molecule has 1 aliphatic heterocycles. The number of rotatable bonds is 5. The number of amides is 1. The SMILES string of the molecule is O=C(Cc1ccc(Cl)c(Cl)c1)N[C@@H]1CCN(Cc2ccccc2)C1. The Hall–Kier alpha value is -1.55. The molecule has 0 bridgehead atoms. The molecule has 0 aliphatic carbocycles. The molecule has 0 spiro atoms. The second-order valence-corrected chi connectivity index (χ2v) is 7.01. The third-order valence-electron chi connectivity index (χ3n) is 4.24.